The number of hydrogen-bond donors (Lipinski definition) is 1. The maximum Gasteiger partial charge on any atom is 0.0283 e. The van der Waals surface area contributed by atoms with Gasteiger partial charge in [-0.15, -0.1) is 0 Å². The molecule has 0 aliphatic carbocycles. The summed E-state index contributed by atoms with van der Waals surface area (Å²) in [5.41, 5.74) is 0.430. The standard InChI is InChI=1S/C10H22N2/c1-8(2)12(5)9-6-11-7-10(9,3)4/h8-9,11H,6-7H2,1-5H3/t9-/m0/s1. The van der Waals surface area contributed by atoms with E-state index in [1.165, 1.54) is 0 Å². The molecule has 0 aromatic rings. The highest BCUT2D eigenvalue weighted by molar-refractivity contribution is 4.94. The maximum atomic E-state index is 3.46. The van der Waals surface area contributed by atoms with Gasteiger partial charge in [0.05, 0.1) is 0 Å². The lowest BCUT2D eigenvalue weighted by Crippen LogP contribution is -2.45. The SMILES string of the molecule is CC(C)N(C)[C@H]1CNCC1(C)C. The van der Waals surface area contributed by atoms with Gasteiger partial charge in [-0.2, -0.15) is 0 Å². The summed E-state index contributed by atoms with van der Waals surface area (Å²) in [6.07, 6.45) is 0. The van der Waals surface area contributed by atoms with Crippen molar-refractivity contribution in [2.24, 2.45) is 5.41 Å². The molecule has 2 heteroatoms. The third kappa shape index (κ3) is 1.80. The van der Waals surface area contributed by atoms with E-state index in [-0.39, 0.29) is 0 Å². The minimum atomic E-state index is 0.430. The lowest BCUT2D eigenvalue weighted by molar-refractivity contribution is 0.126. The van der Waals surface area contributed by atoms with Gasteiger partial charge in [0.2, 0.25) is 0 Å². The molecule has 0 aromatic heterocycles. The first-order valence-corrected chi connectivity index (χ1v) is 4.88. The Hall–Kier alpha value is -0.0800. The fourth-order valence-corrected chi connectivity index (χ4v) is 1.98. The Morgan fingerprint density at radius 2 is 2.00 bits per heavy atom. The molecule has 12 heavy (non-hydrogen) atoms. The summed E-state index contributed by atoms with van der Waals surface area (Å²) >= 11 is 0. The molecule has 1 heterocycles. The van der Waals surface area contributed by atoms with Crippen LogP contribution in [0.2, 0.25) is 0 Å². The van der Waals surface area contributed by atoms with Crippen molar-refractivity contribution in [3.8, 4) is 0 Å². The van der Waals surface area contributed by atoms with E-state index in [1.54, 1.807) is 0 Å². The van der Waals surface area contributed by atoms with Gasteiger partial charge >= 0.3 is 0 Å². The normalized spacial score (nSPS) is 28.8. The molecule has 0 aromatic carbocycles. The summed E-state index contributed by atoms with van der Waals surface area (Å²) in [7, 11) is 2.23. The van der Waals surface area contributed by atoms with Crippen molar-refractivity contribution in [2.45, 2.75) is 39.8 Å². The highest BCUT2D eigenvalue weighted by Gasteiger charge is 2.37. The number of rotatable bonds is 2. The Balaban J connectivity index is 2.62. The first kappa shape index (κ1) is 10.0. The Kier molecular flexibility index (Phi) is 2.79. The smallest absolute Gasteiger partial charge is 0.0283 e. The summed E-state index contributed by atoms with van der Waals surface area (Å²) in [6, 6.07) is 1.34. The van der Waals surface area contributed by atoms with Crippen LogP contribution < -0.4 is 5.32 Å². The second-order valence-electron chi connectivity index (χ2n) is 4.89. The van der Waals surface area contributed by atoms with Crippen molar-refractivity contribution in [1.82, 2.24) is 10.2 Å². The predicted octanol–water partition coefficient (Wildman–Crippen LogP) is 1.32. The van der Waals surface area contributed by atoms with E-state index < -0.39 is 0 Å². The van der Waals surface area contributed by atoms with E-state index in [9.17, 15) is 0 Å². The molecule has 0 radical (unpaired) electrons. The summed E-state index contributed by atoms with van der Waals surface area (Å²) in [4.78, 5) is 2.47. The highest BCUT2D eigenvalue weighted by atomic mass is 15.2. The quantitative estimate of drug-likeness (QED) is 0.672. The fraction of sp³-hybridized carbons (Fsp3) is 1.00. The highest BCUT2D eigenvalue weighted by Crippen LogP contribution is 2.28. The van der Waals surface area contributed by atoms with Crippen LogP contribution in [0.15, 0.2) is 0 Å². The average molecular weight is 170 g/mol. The van der Waals surface area contributed by atoms with E-state index in [1.807, 2.05) is 0 Å². The van der Waals surface area contributed by atoms with Crippen LogP contribution in [0.4, 0.5) is 0 Å². The maximum absolute atomic E-state index is 3.46. The van der Waals surface area contributed by atoms with Crippen molar-refractivity contribution in [1.29, 1.82) is 0 Å². The van der Waals surface area contributed by atoms with E-state index in [4.69, 9.17) is 0 Å². The molecule has 0 amide bonds. The van der Waals surface area contributed by atoms with Crippen LogP contribution in [0.3, 0.4) is 0 Å². The zero-order chi connectivity index (χ0) is 9.35. The van der Waals surface area contributed by atoms with Crippen LogP contribution in [0.25, 0.3) is 0 Å². The molecular weight excluding hydrogens is 148 g/mol. The summed E-state index contributed by atoms with van der Waals surface area (Å²) < 4.78 is 0. The summed E-state index contributed by atoms with van der Waals surface area (Å²) in [6.45, 7) is 11.5. The van der Waals surface area contributed by atoms with Crippen molar-refractivity contribution in [2.75, 3.05) is 20.1 Å². The molecule has 0 bridgehead atoms. The van der Waals surface area contributed by atoms with Crippen LogP contribution >= 0.6 is 0 Å². The minimum absolute atomic E-state index is 0.430. The second-order valence-corrected chi connectivity index (χ2v) is 4.89. The first-order chi connectivity index (χ1) is 5.45. The van der Waals surface area contributed by atoms with Gasteiger partial charge in [0.1, 0.15) is 0 Å². The molecular formula is C10H22N2. The average Bonchev–Trinajstić information content (AvgIpc) is 2.27. The molecule has 1 N–H and O–H groups in total. The number of likely N-dealkylation sites (N-methyl/N-ethyl adjacent to an activating group) is 1. The monoisotopic (exact) mass is 170 g/mol. The van der Waals surface area contributed by atoms with Crippen LogP contribution in [0, 0.1) is 5.41 Å². The Bertz CT molecular complexity index is 152. The summed E-state index contributed by atoms with van der Waals surface area (Å²) in [5.74, 6) is 0. The van der Waals surface area contributed by atoms with Gasteiger partial charge in [-0.05, 0) is 26.3 Å². The molecule has 1 rings (SSSR count). The topological polar surface area (TPSA) is 15.3 Å². The van der Waals surface area contributed by atoms with Gasteiger partial charge in [0.25, 0.3) is 0 Å². The van der Waals surface area contributed by atoms with E-state index in [0.29, 0.717) is 17.5 Å². The molecule has 1 aliphatic rings. The van der Waals surface area contributed by atoms with Crippen LogP contribution in [-0.4, -0.2) is 37.1 Å². The third-order valence-corrected chi connectivity index (χ3v) is 3.13. The molecule has 1 saturated heterocycles. The summed E-state index contributed by atoms with van der Waals surface area (Å²) in [5, 5.41) is 3.46. The van der Waals surface area contributed by atoms with E-state index in [0.717, 1.165) is 13.1 Å². The van der Waals surface area contributed by atoms with Crippen molar-refractivity contribution < 1.29 is 0 Å². The Labute approximate surface area is 76.3 Å². The molecule has 2 nitrogen and oxygen atoms in total. The van der Waals surface area contributed by atoms with E-state index >= 15 is 0 Å². The number of nitrogens with one attached hydrogen (secondary N) is 1. The fourth-order valence-electron chi connectivity index (χ4n) is 1.98. The Morgan fingerprint density at radius 3 is 2.33 bits per heavy atom. The van der Waals surface area contributed by atoms with Crippen molar-refractivity contribution in [3.05, 3.63) is 0 Å². The van der Waals surface area contributed by atoms with Crippen molar-refractivity contribution >= 4 is 0 Å². The second kappa shape index (κ2) is 3.35. The minimum Gasteiger partial charge on any atom is -0.315 e. The van der Waals surface area contributed by atoms with Crippen molar-refractivity contribution in [3.63, 3.8) is 0 Å². The zero-order valence-corrected chi connectivity index (χ0v) is 9.02. The van der Waals surface area contributed by atoms with Gasteiger partial charge in [-0.25, -0.2) is 0 Å². The predicted molar refractivity (Wildman–Crippen MR) is 53.3 cm³/mol. The molecule has 0 spiro atoms. The van der Waals surface area contributed by atoms with Crippen LogP contribution in [0.1, 0.15) is 27.7 Å². The molecule has 72 valence electrons. The van der Waals surface area contributed by atoms with Gasteiger partial charge < -0.3 is 5.32 Å². The molecule has 1 atom stereocenters. The largest absolute Gasteiger partial charge is 0.315 e. The third-order valence-electron chi connectivity index (χ3n) is 3.13. The van der Waals surface area contributed by atoms with Crippen LogP contribution in [0.5, 0.6) is 0 Å². The number of nitrogens with zero attached hydrogens (tertiary/aromatic N) is 1. The molecule has 1 aliphatic heterocycles. The molecule has 0 unspecified atom stereocenters. The van der Waals surface area contributed by atoms with Gasteiger partial charge in [0, 0.05) is 25.2 Å². The molecule has 1 fully saturated rings. The lowest BCUT2D eigenvalue weighted by atomic mass is 9.86. The van der Waals surface area contributed by atoms with Crippen LogP contribution in [-0.2, 0) is 0 Å². The van der Waals surface area contributed by atoms with Gasteiger partial charge in [-0.3, -0.25) is 4.90 Å². The zero-order valence-electron chi connectivity index (χ0n) is 9.02. The Morgan fingerprint density at radius 1 is 1.42 bits per heavy atom. The number of hydrogen-bond acceptors (Lipinski definition) is 2. The lowest BCUT2D eigenvalue weighted by Gasteiger charge is -2.36. The van der Waals surface area contributed by atoms with Gasteiger partial charge in [0.15, 0.2) is 0 Å². The van der Waals surface area contributed by atoms with E-state index in [2.05, 4.69) is 45.0 Å². The molecule has 0 saturated carbocycles. The van der Waals surface area contributed by atoms with Gasteiger partial charge in [-0.1, -0.05) is 13.8 Å². The first-order valence-electron chi connectivity index (χ1n) is 4.88.